The van der Waals surface area contributed by atoms with E-state index in [-0.39, 0.29) is 5.57 Å². The van der Waals surface area contributed by atoms with Gasteiger partial charge in [0.2, 0.25) is 0 Å². The van der Waals surface area contributed by atoms with E-state index in [2.05, 4.69) is 11.7 Å². The summed E-state index contributed by atoms with van der Waals surface area (Å²) in [6.45, 7) is 3.45. The first kappa shape index (κ1) is 18.8. The van der Waals surface area contributed by atoms with Gasteiger partial charge >= 0.3 is 5.97 Å². The highest BCUT2D eigenvalue weighted by atomic mass is 16.5. The Bertz CT molecular complexity index is 320. The van der Waals surface area contributed by atoms with Crippen LogP contribution in [-0.4, -0.2) is 30.1 Å². The molecule has 0 unspecified atom stereocenters. The van der Waals surface area contributed by atoms with E-state index in [1.54, 1.807) is 6.08 Å². The van der Waals surface area contributed by atoms with Crippen molar-refractivity contribution in [2.75, 3.05) is 7.11 Å². The van der Waals surface area contributed by atoms with Crippen LogP contribution < -0.4 is 0 Å². The summed E-state index contributed by atoms with van der Waals surface area (Å²) in [5.74, 6) is -1.07. The van der Waals surface area contributed by atoms with Gasteiger partial charge in [-0.2, -0.15) is 0 Å². The van der Waals surface area contributed by atoms with Gasteiger partial charge < -0.3 is 9.84 Å². The number of carbonyl (C=O) groups is 2. The van der Waals surface area contributed by atoms with Crippen molar-refractivity contribution in [1.29, 1.82) is 0 Å². The Morgan fingerprint density at radius 3 is 2.15 bits per heavy atom. The van der Waals surface area contributed by atoms with Crippen LogP contribution in [0.5, 0.6) is 0 Å². The number of carbonyl (C=O) groups excluding carboxylic acids is 2. The Hall–Kier alpha value is -1.16. The number of allylic oxidation sites excluding steroid dienone is 1. The zero-order chi connectivity index (χ0) is 15.4. The van der Waals surface area contributed by atoms with Crippen molar-refractivity contribution in [3.8, 4) is 0 Å². The second kappa shape index (κ2) is 11.6. The molecule has 0 amide bonds. The molecule has 0 aromatic heterocycles. The van der Waals surface area contributed by atoms with Crippen molar-refractivity contribution in [1.82, 2.24) is 0 Å². The normalized spacial score (nSPS) is 13.1. The van der Waals surface area contributed by atoms with Crippen molar-refractivity contribution >= 4 is 11.8 Å². The molecule has 0 rings (SSSR count). The molecule has 0 aliphatic rings. The monoisotopic (exact) mass is 284 g/mol. The lowest BCUT2D eigenvalue weighted by molar-refractivity contribution is -0.139. The smallest absolute Gasteiger partial charge is 0.336 e. The van der Waals surface area contributed by atoms with E-state index in [9.17, 15) is 14.7 Å². The zero-order valence-electron chi connectivity index (χ0n) is 13.0. The molecule has 0 bridgehead atoms. The number of esters is 1. The van der Waals surface area contributed by atoms with E-state index in [0.717, 1.165) is 12.8 Å². The summed E-state index contributed by atoms with van der Waals surface area (Å²) in [6.07, 6.45) is 9.25. The SMILES string of the molecule is CCCCCCCCC/C=C(\C(=O)OC)[C@@H](O)C(C)=O. The van der Waals surface area contributed by atoms with E-state index >= 15 is 0 Å². The van der Waals surface area contributed by atoms with Crippen molar-refractivity contribution in [3.63, 3.8) is 0 Å². The van der Waals surface area contributed by atoms with Crippen LogP contribution in [0, 0.1) is 0 Å². The van der Waals surface area contributed by atoms with Crippen LogP contribution in [0.25, 0.3) is 0 Å². The average molecular weight is 284 g/mol. The van der Waals surface area contributed by atoms with Gasteiger partial charge in [-0.15, -0.1) is 0 Å². The number of unbranched alkanes of at least 4 members (excludes halogenated alkanes) is 7. The predicted molar refractivity (Wildman–Crippen MR) is 79.4 cm³/mol. The number of Topliss-reactive ketones (excluding diaryl/α,β-unsaturated/α-hetero) is 1. The lowest BCUT2D eigenvalue weighted by atomic mass is 10.0. The van der Waals surface area contributed by atoms with E-state index in [1.165, 1.54) is 46.1 Å². The first-order chi connectivity index (χ1) is 9.54. The van der Waals surface area contributed by atoms with Gasteiger partial charge in [0.25, 0.3) is 0 Å². The molecule has 20 heavy (non-hydrogen) atoms. The standard InChI is InChI=1S/C16H28O4/c1-4-5-6-7-8-9-10-11-12-14(16(19)20-3)15(18)13(2)17/h12,15,18H,4-11H2,1-3H3/b14-12-/t15-/m0/s1. The summed E-state index contributed by atoms with van der Waals surface area (Å²) < 4.78 is 4.59. The maximum atomic E-state index is 11.5. The summed E-state index contributed by atoms with van der Waals surface area (Å²) in [5.41, 5.74) is 0.0611. The van der Waals surface area contributed by atoms with Crippen molar-refractivity contribution in [2.45, 2.75) is 71.3 Å². The van der Waals surface area contributed by atoms with Crippen LogP contribution in [0.2, 0.25) is 0 Å². The highest BCUT2D eigenvalue weighted by Gasteiger charge is 2.22. The lowest BCUT2D eigenvalue weighted by Gasteiger charge is -2.10. The van der Waals surface area contributed by atoms with E-state index in [0.29, 0.717) is 6.42 Å². The molecule has 0 saturated carbocycles. The zero-order valence-corrected chi connectivity index (χ0v) is 13.0. The Kier molecular flexibility index (Phi) is 11.0. The van der Waals surface area contributed by atoms with Gasteiger partial charge in [-0.25, -0.2) is 4.79 Å². The van der Waals surface area contributed by atoms with Crippen molar-refractivity contribution in [2.24, 2.45) is 0 Å². The number of aliphatic hydroxyl groups is 1. The molecule has 116 valence electrons. The molecule has 1 atom stereocenters. The molecule has 1 N–H and O–H groups in total. The number of rotatable bonds is 11. The van der Waals surface area contributed by atoms with Crippen LogP contribution in [0.1, 0.15) is 65.2 Å². The Labute approximate surface area is 122 Å². The van der Waals surface area contributed by atoms with E-state index in [4.69, 9.17) is 0 Å². The summed E-state index contributed by atoms with van der Waals surface area (Å²) in [7, 11) is 1.25. The van der Waals surface area contributed by atoms with Gasteiger partial charge in [0.1, 0.15) is 6.10 Å². The third kappa shape index (κ3) is 8.10. The number of aliphatic hydroxyl groups excluding tert-OH is 1. The minimum atomic E-state index is -1.37. The van der Waals surface area contributed by atoms with Gasteiger partial charge in [0.05, 0.1) is 12.7 Å². The molecule has 0 radical (unpaired) electrons. The van der Waals surface area contributed by atoms with Gasteiger partial charge in [0.15, 0.2) is 5.78 Å². The van der Waals surface area contributed by atoms with Gasteiger partial charge in [-0.3, -0.25) is 4.79 Å². The minimum Gasteiger partial charge on any atom is -0.466 e. The van der Waals surface area contributed by atoms with Crippen molar-refractivity contribution < 1.29 is 19.4 Å². The second-order valence-corrected chi connectivity index (χ2v) is 5.07. The average Bonchev–Trinajstić information content (AvgIpc) is 2.44. The van der Waals surface area contributed by atoms with Crippen molar-refractivity contribution in [3.05, 3.63) is 11.6 Å². The summed E-state index contributed by atoms with van der Waals surface area (Å²) >= 11 is 0. The Morgan fingerprint density at radius 2 is 1.65 bits per heavy atom. The van der Waals surface area contributed by atoms with Gasteiger partial charge in [-0.05, 0) is 19.8 Å². The molecule has 0 saturated heterocycles. The first-order valence-electron chi connectivity index (χ1n) is 7.51. The molecular formula is C16H28O4. The fourth-order valence-corrected chi connectivity index (χ4v) is 2.00. The van der Waals surface area contributed by atoms with Crippen LogP contribution in [0.15, 0.2) is 11.6 Å². The molecule has 0 aromatic rings. The van der Waals surface area contributed by atoms with Crippen LogP contribution >= 0.6 is 0 Å². The minimum absolute atomic E-state index is 0.0611. The maximum Gasteiger partial charge on any atom is 0.336 e. The van der Waals surface area contributed by atoms with Gasteiger partial charge in [-0.1, -0.05) is 51.5 Å². The highest BCUT2D eigenvalue weighted by Crippen LogP contribution is 2.12. The molecule has 0 aromatic carbocycles. The third-order valence-corrected chi connectivity index (χ3v) is 3.27. The predicted octanol–water partition coefficient (Wildman–Crippen LogP) is 3.18. The second-order valence-electron chi connectivity index (χ2n) is 5.07. The number of hydrogen-bond acceptors (Lipinski definition) is 4. The molecular weight excluding hydrogens is 256 g/mol. The molecule has 0 fully saturated rings. The lowest BCUT2D eigenvalue weighted by Crippen LogP contribution is -2.25. The van der Waals surface area contributed by atoms with Crippen LogP contribution in [0.4, 0.5) is 0 Å². The topological polar surface area (TPSA) is 63.6 Å². The molecule has 0 spiro atoms. The summed E-state index contributed by atoms with van der Waals surface area (Å²) in [5, 5.41) is 9.67. The summed E-state index contributed by atoms with van der Waals surface area (Å²) in [6, 6.07) is 0. The number of ketones is 1. The molecule has 0 aliphatic carbocycles. The molecule has 4 heteroatoms. The number of hydrogen-bond donors (Lipinski definition) is 1. The molecule has 0 aliphatic heterocycles. The Morgan fingerprint density at radius 1 is 1.10 bits per heavy atom. The largest absolute Gasteiger partial charge is 0.466 e. The van der Waals surface area contributed by atoms with Gasteiger partial charge in [0, 0.05) is 0 Å². The third-order valence-electron chi connectivity index (χ3n) is 3.27. The fraction of sp³-hybridized carbons (Fsp3) is 0.750. The highest BCUT2D eigenvalue weighted by molar-refractivity contribution is 5.98. The Balaban J connectivity index is 4.09. The quantitative estimate of drug-likeness (QED) is 0.359. The van der Waals surface area contributed by atoms with E-state index in [1.807, 2.05) is 0 Å². The number of ether oxygens (including phenoxy) is 1. The number of methoxy groups -OCH3 is 1. The van der Waals surface area contributed by atoms with Crippen LogP contribution in [0.3, 0.4) is 0 Å². The first-order valence-corrected chi connectivity index (χ1v) is 7.51. The summed E-state index contributed by atoms with van der Waals surface area (Å²) in [4.78, 5) is 22.6. The van der Waals surface area contributed by atoms with E-state index < -0.39 is 17.9 Å². The van der Waals surface area contributed by atoms with Crippen LogP contribution in [-0.2, 0) is 14.3 Å². The maximum absolute atomic E-state index is 11.5. The fourth-order valence-electron chi connectivity index (χ4n) is 2.00. The molecule has 4 nitrogen and oxygen atoms in total. The molecule has 0 heterocycles.